The van der Waals surface area contributed by atoms with Crippen molar-refractivity contribution in [3.63, 3.8) is 0 Å². The molecule has 1 aromatic carbocycles. The molecule has 1 amide bonds. The molecule has 0 aliphatic carbocycles. The summed E-state index contributed by atoms with van der Waals surface area (Å²) in [6.07, 6.45) is 0. The van der Waals surface area contributed by atoms with Crippen LogP contribution in [0.15, 0.2) is 24.3 Å². The van der Waals surface area contributed by atoms with Crippen LogP contribution in [-0.2, 0) is 20.9 Å². The first-order valence-corrected chi connectivity index (χ1v) is 5.87. The van der Waals surface area contributed by atoms with E-state index in [1.807, 2.05) is 0 Å². The summed E-state index contributed by atoms with van der Waals surface area (Å²) in [5.74, 6) is -1.64. The number of hydrogen-bond donors (Lipinski definition) is 1. The van der Waals surface area contributed by atoms with E-state index < -0.39 is 17.9 Å². The topological polar surface area (TPSA) is 72.6 Å². The maximum Gasteiger partial charge on any atom is 0.332 e. The van der Waals surface area contributed by atoms with Crippen LogP contribution in [0.4, 0.5) is 4.39 Å². The predicted molar refractivity (Wildman–Crippen MR) is 67.5 cm³/mol. The fraction of sp³-hybridized carbons (Fsp3) is 0.385. The third-order valence-electron chi connectivity index (χ3n) is 2.52. The molecule has 0 saturated carbocycles. The van der Waals surface area contributed by atoms with Crippen molar-refractivity contribution in [3.8, 4) is 0 Å². The highest BCUT2D eigenvalue weighted by Gasteiger charge is 2.26. The number of amides is 1. The molecule has 19 heavy (non-hydrogen) atoms. The maximum absolute atomic E-state index is 12.7. The van der Waals surface area contributed by atoms with E-state index in [4.69, 9.17) is 5.73 Å². The first kappa shape index (κ1) is 15.1. The highest BCUT2D eigenvalue weighted by molar-refractivity contribution is 6.01. The van der Waals surface area contributed by atoms with Gasteiger partial charge in [0.25, 0.3) is 5.91 Å². The summed E-state index contributed by atoms with van der Waals surface area (Å²) in [6.45, 7) is 2.05. The number of hydrogen-bond acceptors (Lipinski definition) is 4. The molecule has 2 N–H and O–H groups in total. The Hall–Kier alpha value is -1.95. The van der Waals surface area contributed by atoms with Crippen molar-refractivity contribution in [2.24, 2.45) is 5.73 Å². The summed E-state index contributed by atoms with van der Waals surface area (Å²) >= 11 is 0. The normalized spacial score (nSPS) is 11.8. The summed E-state index contributed by atoms with van der Waals surface area (Å²) in [5, 5.41) is 0. The van der Waals surface area contributed by atoms with E-state index in [9.17, 15) is 14.0 Å². The van der Waals surface area contributed by atoms with Crippen LogP contribution in [0.25, 0.3) is 0 Å². The van der Waals surface area contributed by atoms with Crippen LogP contribution >= 0.6 is 0 Å². The quantitative estimate of drug-likeness (QED) is 0.629. The third-order valence-corrected chi connectivity index (χ3v) is 2.52. The molecule has 0 aliphatic heterocycles. The van der Waals surface area contributed by atoms with E-state index in [-0.39, 0.29) is 19.0 Å². The minimum Gasteiger partial charge on any atom is -0.464 e. The average molecular weight is 268 g/mol. The van der Waals surface area contributed by atoms with Crippen molar-refractivity contribution in [2.45, 2.75) is 19.5 Å². The minimum absolute atomic E-state index is 0.168. The van der Waals surface area contributed by atoms with E-state index in [1.54, 1.807) is 19.1 Å². The highest BCUT2D eigenvalue weighted by atomic mass is 19.1. The van der Waals surface area contributed by atoms with Gasteiger partial charge in [-0.1, -0.05) is 12.1 Å². The minimum atomic E-state index is -1.33. The van der Waals surface area contributed by atoms with Gasteiger partial charge in [-0.05, 0) is 24.6 Å². The number of rotatable bonds is 5. The summed E-state index contributed by atoms with van der Waals surface area (Å²) < 4.78 is 17.4. The molecule has 0 fully saturated rings. The van der Waals surface area contributed by atoms with E-state index in [2.05, 4.69) is 4.74 Å². The van der Waals surface area contributed by atoms with E-state index >= 15 is 0 Å². The van der Waals surface area contributed by atoms with Gasteiger partial charge in [-0.3, -0.25) is 4.79 Å². The zero-order valence-corrected chi connectivity index (χ0v) is 10.9. The lowest BCUT2D eigenvalue weighted by Gasteiger charge is -2.20. The molecule has 0 saturated heterocycles. The number of carbonyl (C=O) groups excluding carboxylic acids is 2. The Bertz CT molecular complexity index is 448. The van der Waals surface area contributed by atoms with Gasteiger partial charge in [0.2, 0.25) is 0 Å². The average Bonchev–Trinajstić information content (AvgIpc) is 2.39. The predicted octanol–water partition coefficient (Wildman–Crippen LogP) is 0.674. The molecule has 0 aromatic heterocycles. The second-order valence-electron chi connectivity index (χ2n) is 4.05. The van der Waals surface area contributed by atoms with Gasteiger partial charge in [-0.2, -0.15) is 0 Å². The first-order chi connectivity index (χ1) is 8.95. The lowest BCUT2D eigenvalue weighted by atomic mass is 10.2. The van der Waals surface area contributed by atoms with Gasteiger partial charge in [0.15, 0.2) is 6.04 Å². The molecule has 0 radical (unpaired) electrons. The Morgan fingerprint density at radius 2 is 1.95 bits per heavy atom. The first-order valence-electron chi connectivity index (χ1n) is 5.87. The smallest absolute Gasteiger partial charge is 0.332 e. The molecule has 1 unspecified atom stereocenters. The Morgan fingerprint density at radius 1 is 1.37 bits per heavy atom. The van der Waals surface area contributed by atoms with Crippen LogP contribution in [-0.4, -0.2) is 36.5 Å². The number of carbonyl (C=O) groups is 2. The second kappa shape index (κ2) is 6.84. The fourth-order valence-electron chi connectivity index (χ4n) is 1.51. The van der Waals surface area contributed by atoms with Crippen LogP contribution in [0.3, 0.4) is 0 Å². The molecule has 104 valence electrons. The van der Waals surface area contributed by atoms with Crippen molar-refractivity contribution < 1.29 is 18.7 Å². The van der Waals surface area contributed by atoms with Gasteiger partial charge >= 0.3 is 5.97 Å². The van der Waals surface area contributed by atoms with Crippen LogP contribution in [0.1, 0.15) is 12.5 Å². The van der Waals surface area contributed by atoms with Crippen molar-refractivity contribution >= 4 is 11.9 Å². The highest BCUT2D eigenvalue weighted by Crippen LogP contribution is 2.06. The maximum atomic E-state index is 12.7. The summed E-state index contributed by atoms with van der Waals surface area (Å²) in [4.78, 5) is 24.5. The number of ether oxygens (including phenoxy) is 1. The van der Waals surface area contributed by atoms with E-state index in [0.717, 1.165) is 5.56 Å². The number of benzene rings is 1. The molecular formula is C13H17FN2O3. The molecule has 1 atom stereocenters. The molecular weight excluding hydrogens is 251 g/mol. The van der Waals surface area contributed by atoms with Crippen LogP contribution < -0.4 is 5.73 Å². The fourth-order valence-corrected chi connectivity index (χ4v) is 1.51. The molecule has 1 rings (SSSR count). The number of nitrogens with two attached hydrogens (primary N) is 1. The van der Waals surface area contributed by atoms with Crippen molar-refractivity contribution in [2.75, 3.05) is 13.7 Å². The molecule has 5 nitrogen and oxygen atoms in total. The van der Waals surface area contributed by atoms with Crippen LogP contribution in [0.2, 0.25) is 0 Å². The van der Waals surface area contributed by atoms with Gasteiger partial charge in [0.05, 0.1) is 6.61 Å². The molecule has 0 aliphatic rings. The second-order valence-corrected chi connectivity index (χ2v) is 4.05. The zero-order valence-electron chi connectivity index (χ0n) is 10.9. The zero-order chi connectivity index (χ0) is 14.4. The molecule has 6 heteroatoms. The number of esters is 1. The van der Waals surface area contributed by atoms with E-state index in [1.165, 1.54) is 24.1 Å². The number of likely N-dealkylation sites (N-methyl/N-ethyl adjacent to an activating group) is 1. The molecule has 0 spiro atoms. The van der Waals surface area contributed by atoms with Gasteiger partial charge in [-0.25, -0.2) is 9.18 Å². The van der Waals surface area contributed by atoms with Crippen LogP contribution in [0.5, 0.6) is 0 Å². The summed E-state index contributed by atoms with van der Waals surface area (Å²) in [7, 11) is 1.52. The Kier molecular flexibility index (Phi) is 5.44. The lowest BCUT2D eigenvalue weighted by molar-refractivity contribution is -0.150. The standard InChI is InChI=1S/C13H17FN2O3/c1-3-19-13(18)11(15)12(17)16(2)8-9-4-6-10(14)7-5-9/h4-7,11H,3,8,15H2,1-2H3. The van der Waals surface area contributed by atoms with E-state index in [0.29, 0.717) is 0 Å². The number of halogens is 1. The van der Waals surface area contributed by atoms with Gasteiger partial charge in [0.1, 0.15) is 5.82 Å². The molecule has 0 heterocycles. The molecule has 1 aromatic rings. The Labute approximate surface area is 111 Å². The van der Waals surface area contributed by atoms with Gasteiger partial charge in [0, 0.05) is 13.6 Å². The Morgan fingerprint density at radius 3 is 2.47 bits per heavy atom. The summed E-state index contributed by atoms with van der Waals surface area (Å²) in [5.41, 5.74) is 6.24. The molecule has 0 bridgehead atoms. The number of nitrogens with zero attached hydrogens (tertiary/aromatic N) is 1. The van der Waals surface area contributed by atoms with Crippen molar-refractivity contribution in [3.05, 3.63) is 35.6 Å². The van der Waals surface area contributed by atoms with Crippen molar-refractivity contribution in [1.29, 1.82) is 0 Å². The van der Waals surface area contributed by atoms with Gasteiger partial charge < -0.3 is 15.4 Å². The Balaban J connectivity index is 2.62. The SMILES string of the molecule is CCOC(=O)C(N)C(=O)N(C)Cc1ccc(F)cc1. The summed E-state index contributed by atoms with van der Waals surface area (Å²) in [6, 6.07) is 4.41. The third kappa shape index (κ3) is 4.33. The largest absolute Gasteiger partial charge is 0.464 e. The lowest BCUT2D eigenvalue weighted by Crippen LogP contribution is -2.47. The van der Waals surface area contributed by atoms with Crippen molar-refractivity contribution in [1.82, 2.24) is 4.90 Å². The van der Waals surface area contributed by atoms with Gasteiger partial charge in [-0.15, -0.1) is 0 Å². The monoisotopic (exact) mass is 268 g/mol. The van der Waals surface area contributed by atoms with Crippen LogP contribution in [0, 0.1) is 5.82 Å².